The van der Waals surface area contributed by atoms with Crippen molar-refractivity contribution in [3.63, 3.8) is 0 Å². The minimum atomic E-state index is -0.505. The van der Waals surface area contributed by atoms with Crippen molar-refractivity contribution in [1.82, 2.24) is 19.6 Å². The number of hydrogen-bond acceptors (Lipinski definition) is 6. The van der Waals surface area contributed by atoms with Gasteiger partial charge in [-0.05, 0) is 25.0 Å². The highest BCUT2D eigenvalue weighted by molar-refractivity contribution is 7.16. The molecule has 0 atom stereocenters. The number of carbonyl (C=O) groups excluding carboxylic acids is 1. The molecule has 1 saturated carbocycles. The zero-order valence-corrected chi connectivity index (χ0v) is 12.6. The standard InChI is InChI=1S/C15H10N4O3S/c20-6-10-12(8-3-4-9-11(5-8)22-15(21)16-9)17-14-19(10)18-13(23-14)7-1-2-7/h3-7H,1-2H2,(H,16,21). The van der Waals surface area contributed by atoms with Crippen LogP contribution < -0.4 is 5.76 Å². The Morgan fingerprint density at radius 3 is 3.04 bits per heavy atom. The normalized spacial score (nSPS) is 14.8. The average molecular weight is 326 g/mol. The SMILES string of the molecule is O=Cc1c(-c2ccc3[nH]c(=O)oc3c2)nc2sc(C3CC3)nn12. The number of benzene rings is 1. The summed E-state index contributed by atoms with van der Waals surface area (Å²) in [7, 11) is 0. The van der Waals surface area contributed by atoms with Gasteiger partial charge in [-0.3, -0.25) is 9.78 Å². The van der Waals surface area contributed by atoms with Gasteiger partial charge in [0.25, 0.3) is 0 Å². The van der Waals surface area contributed by atoms with Crippen molar-refractivity contribution in [2.45, 2.75) is 18.8 Å². The summed E-state index contributed by atoms with van der Waals surface area (Å²) in [6.07, 6.45) is 3.08. The molecule has 0 radical (unpaired) electrons. The van der Waals surface area contributed by atoms with Crippen LogP contribution in [0.2, 0.25) is 0 Å². The number of nitrogens with one attached hydrogen (secondary N) is 1. The van der Waals surface area contributed by atoms with E-state index in [1.54, 1.807) is 22.7 Å². The van der Waals surface area contributed by atoms with Crippen LogP contribution in [0.5, 0.6) is 0 Å². The smallest absolute Gasteiger partial charge is 0.408 e. The lowest BCUT2D eigenvalue weighted by Gasteiger charge is -1.98. The zero-order chi connectivity index (χ0) is 15.6. The second-order valence-electron chi connectivity index (χ2n) is 5.60. The molecule has 0 aliphatic heterocycles. The van der Waals surface area contributed by atoms with Crippen molar-refractivity contribution < 1.29 is 9.21 Å². The summed E-state index contributed by atoms with van der Waals surface area (Å²) in [6, 6.07) is 5.24. The fourth-order valence-corrected chi connectivity index (χ4v) is 3.76. The van der Waals surface area contributed by atoms with Crippen LogP contribution >= 0.6 is 11.3 Å². The summed E-state index contributed by atoms with van der Waals surface area (Å²) >= 11 is 1.52. The predicted octanol–water partition coefficient (Wildman–Crippen LogP) is 2.58. The van der Waals surface area contributed by atoms with Gasteiger partial charge in [0.05, 0.1) is 5.52 Å². The molecule has 0 spiro atoms. The van der Waals surface area contributed by atoms with E-state index in [9.17, 15) is 9.59 Å². The van der Waals surface area contributed by atoms with Gasteiger partial charge in [0.2, 0.25) is 4.96 Å². The number of nitrogens with zero attached hydrogens (tertiary/aromatic N) is 3. The molecule has 7 nitrogen and oxygen atoms in total. The highest BCUT2D eigenvalue weighted by Crippen LogP contribution is 2.42. The van der Waals surface area contributed by atoms with E-state index < -0.39 is 5.76 Å². The van der Waals surface area contributed by atoms with Crippen molar-refractivity contribution in [2.75, 3.05) is 0 Å². The highest BCUT2D eigenvalue weighted by Gasteiger charge is 2.29. The molecule has 5 rings (SSSR count). The molecule has 1 aliphatic carbocycles. The largest absolute Gasteiger partial charge is 0.417 e. The molecular weight excluding hydrogens is 316 g/mol. The van der Waals surface area contributed by atoms with Gasteiger partial charge >= 0.3 is 5.76 Å². The Labute approximate surface area is 132 Å². The van der Waals surface area contributed by atoms with E-state index in [0.717, 1.165) is 24.1 Å². The first-order chi connectivity index (χ1) is 11.2. The highest BCUT2D eigenvalue weighted by atomic mass is 32.1. The minimum absolute atomic E-state index is 0.417. The predicted molar refractivity (Wildman–Crippen MR) is 84.1 cm³/mol. The summed E-state index contributed by atoms with van der Waals surface area (Å²) in [5, 5.41) is 5.56. The van der Waals surface area contributed by atoms with Gasteiger partial charge in [-0.1, -0.05) is 17.4 Å². The van der Waals surface area contributed by atoms with Crippen molar-refractivity contribution in [1.29, 1.82) is 0 Å². The van der Waals surface area contributed by atoms with Crippen LogP contribution in [0.3, 0.4) is 0 Å². The minimum Gasteiger partial charge on any atom is -0.408 e. The molecule has 0 bridgehead atoms. The Morgan fingerprint density at radius 2 is 2.26 bits per heavy atom. The Kier molecular flexibility index (Phi) is 2.44. The van der Waals surface area contributed by atoms with Crippen molar-refractivity contribution in [2.24, 2.45) is 0 Å². The monoisotopic (exact) mass is 326 g/mol. The van der Waals surface area contributed by atoms with Crippen LogP contribution in [0.1, 0.15) is 34.3 Å². The van der Waals surface area contributed by atoms with E-state index in [0.29, 0.717) is 38.9 Å². The third-order valence-electron chi connectivity index (χ3n) is 3.99. The van der Waals surface area contributed by atoms with Crippen LogP contribution in [0, 0.1) is 0 Å². The van der Waals surface area contributed by atoms with Gasteiger partial charge in [-0.25, -0.2) is 9.78 Å². The summed E-state index contributed by atoms with van der Waals surface area (Å²) in [5.41, 5.74) is 2.73. The summed E-state index contributed by atoms with van der Waals surface area (Å²) in [6.45, 7) is 0. The van der Waals surface area contributed by atoms with Crippen LogP contribution in [-0.2, 0) is 0 Å². The number of imidazole rings is 1. The molecule has 1 aliphatic rings. The third-order valence-corrected chi connectivity index (χ3v) is 5.06. The molecule has 1 fully saturated rings. The molecule has 3 heterocycles. The number of aromatic nitrogens is 4. The number of fused-ring (bicyclic) bond motifs is 2. The van der Waals surface area contributed by atoms with E-state index >= 15 is 0 Å². The molecule has 23 heavy (non-hydrogen) atoms. The number of carbonyl (C=O) groups is 1. The molecule has 1 aromatic carbocycles. The number of rotatable bonds is 3. The van der Waals surface area contributed by atoms with Crippen LogP contribution in [0.25, 0.3) is 27.3 Å². The Bertz CT molecular complexity index is 1130. The van der Waals surface area contributed by atoms with E-state index in [-0.39, 0.29) is 0 Å². The van der Waals surface area contributed by atoms with Crippen molar-refractivity contribution >= 4 is 33.7 Å². The lowest BCUT2D eigenvalue weighted by molar-refractivity contribution is 0.111. The Hall–Kier alpha value is -2.74. The summed E-state index contributed by atoms with van der Waals surface area (Å²) in [5.74, 6) is 0.0180. The first kappa shape index (κ1) is 12.8. The second-order valence-corrected chi connectivity index (χ2v) is 6.59. The summed E-state index contributed by atoms with van der Waals surface area (Å²) in [4.78, 5) is 30.7. The Morgan fingerprint density at radius 1 is 1.39 bits per heavy atom. The van der Waals surface area contributed by atoms with Crippen LogP contribution in [-0.4, -0.2) is 25.9 Å². The molecule has 114 valence electrons. The summed E-state index contributed by atoms with van der Waals surface area (Å²) < 4.78 is 6.68. The Balaban J connectivity index is 1.71. The number of aldehydes is 1. The number of H-pyrrole nitrogens is 1. The topological polar surface area (TPSA) is 93.3 Å². The molecule has 0 unspecified atom stereocenters. The number of aromatic amines is 1. The number of hydrogen-bond donors (Lipinski definition) is 1. The fourth-order valence-electron chi connectivity index (χ4n) is 2.68. The molecule has 3 aromatic heterocycles. The van der Waals surface area contributed by atoms with Gasteiger partial charge in [0.1, 0.15) is 16.4 Å². The van der Waals surface area contributed by atoms with E-state index in [1.807, 2.05) is 0 Å². The van der Waals surface area contributed by atoms with Gasteiger partial charge in [0, 0.05) is 11.5 Å². The molecule has 0 saturated heterocycles. The van der Waals surface area contributed by atoms with Gasteiger partial charge in [-0.15, -0.1) is 0 Å². The second kappa shape index (κ2) is 4.39. The van der Waals surface area contributed by atoms with Crippen LogP contribution in [0.15, 0.2) is 27.4 Å². The molecule has 4 aromatic rings. The van der Waals surface area contributed by atoms with Gasteiger partial charge < -0.3 is 4.42 Å². The van der Waals surface area contributed by atoms with E-state index in [1.165, 1.54) is 11.3 Å². The zero-order valence-electron chi connectivity index (χ0n) is 11.8. The fraction of sp³-hybridized carbons (Fsp3) is 0.200. The lowest BCUT2D eigenvalue weighted by Crippen LogP contribution is -1.94. The maximum Gasteiger partial charge on any atom is 0.417 e. The van der Waals surface area contributed by atoms with E-state index in [2.05, 4.69) is 15.1 Å². The first-order valence-electron chi connectivity index (χ1n) is 7.21. The molecular formula is C15H10N4O3S. The lowest BCUT2D eigenvalue weighted by atomic mass is 10.1. The average Bonchev–Trinajstić information content (AvgIpc) is 3.06. The molecule has 0 amide bonds. The van der Waals surface area contributed by atoms with E-state index in [4.69, 9.17) is 4.42 Å². The van der Waals surface area contributed by atoms with Gasteiger partial charge in [0.15, 0.2) is 11.9 Å². The van der Waals surface area contributed by atoms with Crippen molar-refractivity contribution in [3.05, 3.63) is 39.5 Å². The molecule has 1 N–H and O–H groups in total. The maximum atomic E-state index is 11.6. The van der Waals surface area contributed by atoms with Crippen molar-refractivity contribution in [3.8, 4) is 11.3 Å². The number of oxazole rings is 1. The first-order valence-corrected chi connectivity index (χ1v) is 8.02. The van der Waals surface area contributed by atoms with Gasteiger partial charge in [-0.2, -0.15) is 9.61 Å². The molecule has 8 heteroatoms. The maximum absolute atomic E-state index is 11.6. The quantitative estimate of drug-likeness (QED) is 0.584. The van der Waals surface area contributed by atoms with Crippen LogP contribution in [0.4, 0.5) is 0 Å². The third kappa shape index (κ3) is 1.88.